The average molecular weight is 547 g/mol. The quantitative estimate of drug-likeness (QED) is 0.250. The predicted molar refractivity (Wildman–Crippen MR) is 149 cm³/mol. The lowest BCUT2D eigenvalue weighted by atomic mass is 10.0. The molecule has 2 aromatic carbocycles. The number of nitrogens with one attached hydrogen (secondary N) is 1. The lowest BCUT2D eigenvalue weighted by Crippen LogP contribution is -2.35. The van der Waals surface area contributed by atoms with Crippen LogP contribution in [0.25, 0.3) is 10.9 Å². The van der Waals surface area contributed by atoms with Crippen LogP contribution in [0.4, 0.5) is 0 Å². The molecule has 0 unspecified atom stereocenters. The number of hydrogen-bond acceptors (Lipinski definition) is 9. The minimum absolute atomic E-state index is 0.231. The van der Waals surface area contributed by atoms with E-state index in [1.54, 1.807) is 43.4 Å². The molecule has 0 aliphatic heterocycles. The Kier molecular flexibility index (Phi) is 8.30. The van der Waals surface area contributed by atoms with Gasteiger partial charge in [-0.3, -0.25) is 9.69 Å². The Labute approximate surface area is 229 Å². The Hall–Kier alpha value is -4.06. The third kappa shape index (κ3) is 5.85. The molecule has 5 rings (SSSR count). The summed E-state index contributed by atoms with van der Waals surface area (Å²) in [5, 5.41) is 15.5. The molecule has 0 amide bonds. The van der Waals surface area contributed by atoms with Gasteiger partial charge in [-0.25, -0.2) is 4.68 Å². The average Bonchev–Trinajstić information content (AvgIpc) is 3.64. The number of rotatable bonds is 12. The second-order valence-corrected chi connectivity index (χ2v) is 10.0. The fourth-order valence-electron chi connectivity index (χ4n) is 4.66. The van der Waals surface area contributed by atoms with Gasteiger partial charge >= 0.3 is 0 Å². The highest BCUT2D eigenvalue weighted by molar-refractivity contribution is 7.09. The normalized spacial score (nSPS) is 12.2. The highest BCUT2D eigenvalue weighted by atomic mass is 32.1. The molecule has 0 aliphatic carbocycles. The number of ether oxygens (including phenoxy) is 3. The third-order valence-corrected chi connectivity index (χ3v) is 7.38. The van der Waals surface area contributed by atoms with E-state index in [4.69, 9.17) is 14.2 Å². The van der Waals surface area contributed by atoms with E-state index in [-0.39, 0.29) is 5.56 Å². The monoisotopic (exact) mass is 546 g/mol. The van der Waals surface area contributed by atoms with Crippen molar-refractivity contribution in [2.75, 3.05) is 27.9 Å². The molecule has 0 spiro atoms. The zero-order valence-electron chi connectivity index (χ0n) is 22.0. The van der Waals surface area contributed by atoms with Crippen LogP contribution < -0.4 is 15.0 Å². The van der Waals surface area contributed by atoms with E-state index in [9.17, 15) is 4.79 Å². The number of tetrazole rings is 1. The van der Waals surface area contributed by atoms with E-state index >= 15 is 0 Å². The number of thiophene rings is 1. The summed E-state index contributed by atoms with van der Waals surface area (Å²) in [6.45, 7) is 2.05. The van der Waals surface area contributed by atoms with Gasteiger partial charge in [-0.15, -0.1) is 16.4 Å². The van der Waals surface area contributed by atoms with Crippen LogP contribution in [0.2, 0.25) is 0 Å². The first kappa shape index (κ1) is 26.5. The first-order chi connectivity index (χ1) is 19.1. The Morgan fingerprint density at radius 1 is 1.00 bits per heavy atom. The number of nitrogens with zero attached hydrogens (tertiary/aromatic N) is 5. The first-order valence-corrected chi connectivity index (χ1v) is 13.3. The van der Waals surface area contributed by atoms with Gasteiger partial charge in [-0.1, -0.05) is 36.4 Å². The fraction of sp³-hybridized carbons (Fsp3) is 0.286. The van der Waals surface area contributed by atoms with Crippen molar-refractivity contribution >= 4 is 22.2 Å². The summed E-state index contributed by atoms with van der Waals surface area (Å²) < 4.78 is 18.0. The summed E-state index contributed by atoms with van der Waals surface area (Å²) in [5.41, 5.74) is 2.05. The number of hydrogen-bond donors (Lipinski definition) is 1. The number of pyridine rings is 1. The van der Waals surface area contributed by atoms with Crippen molar-refractivity contribution in [2.45, 2.75) is 25.7 Å². The Bertz CT molecular complexity index is 1570. The largest absolute Gasteiger partial charge is 0.493 e. The molecule has 0 fully saturated rings. The molecule has 0 bridgehead atoms. The van der Waals surface area contributed by atoms with Crippen molar-refractivity contribution < 1.29 is 14.2 Å². The van der Waals surface area contributed by atoms with E-state index in [1.807, 2.05) is 36.4 Å². The van der Waals surface area contributed by atoms with Gasteiger partial charge in [0.15, 0.2) is 17.3 Å². The highest BCUT2D eigenvalue weighted by Gasteiger charge is 2.31. The van der Waals surface area contributed by atoms with Gasteiger partial charge in [0.1, 0.15) is 6.04 Å². The van der Waals surface area contributed by atoms with Crippen molar-refractivity contribution in [2.24, 2.45) is 0 Å². The minimum atomic E-state index is -0.555. The lowest BCUT2D eigenvalue weighted by Gasteiger charge is -2.31. The molecular weight excluding hydrogens is 516 g/mol. The summed E-state index contributed by atoms with van der Waals surface area (Å²) in [4.78, 5) is 20.2. The molecular formula is C28H30N6O4S. The van der Waals surface area contributed by atoms with Crippen LogP contribution in [0.3, 0.4) is 0 Å². The standard InChI is InChI=1S/C28H30N6O4S/c1-36-12-11-34-27(30-31-32-34)26(33(18-21-10-7-13-39-21)17-19-8-5-4-6-9-19)22-14-20-15-24(37-2)25(38-3)16-23(20)29-28(22)35/h4-10,13-16,26H,11-12,17-18H2,1-3H3,(H,29,35)/t26-/m1/s1. The molecule has 10 nitrogen and oxygen atoms in total. The first-order valence-electron chi connectivity index (χ1n) is 12.5. The van der Waals surface area contributed by atoms with Crippen LogP contribution in [0.1, 0.15) is 27.9 Å². The van der Waals surface area contributed by atoms with Crippen molar-refractivity contribution in [1.29, 1.82) is 0 Å². The topological polar surface area (TPSA) is 107 Å². The molecule has 39 heavy (non-hydrogen) atoms. The van der Waals surface area contributed by atoms with E-state index in [0.717, 1.165) is 15.8 Å². The number of aromatic amines is 1. The molecule has 3 aromatic heterocycles. The predicted octanol–water partition coefficient (Wildman–Crippen LogP) is 4.03. The zero-order valence-corrected chi connectivity index (χ0v) is 22.9. The van der Waals surface area contributed by atoms with E-state index in [1.165, 1.54) is 0 Å². The van der Waals surface area contributed by atoms with Crippen LogP contribution in [0.5, 0.6) is 11.5 Å². The lowest BCUT2D eigenvalue weighted by molar-refractivity contribution is 0.169. The maximum Gasteiger partial charge on any atom is 0.253 e. The number of aromatic nitrogens is 5. The van der Waals surface area contributed by atoms with Gasteiger partial charge in [0.05, 0.1) is 32.9 Å². The van der Waals surface area contributed by atoms with Crippen LogP contribution in [0, 0.1) is 0 Å². The van der Waals surface area contributed by atoms with Gasteiger partial charge in [-0.2, -0.15) is 0 Å². The molecule has 202 valence electrons. The number of H-pyrrole nitrogens is 1. The number of methoxy groups -OCH3 is 3. The molecule has 0 saturated carbocycles. The molecule has 1 atom stereocenters. The smallest absolute Gasteiger partial charge is 0.253 e. The summed E-state index contributed by atoms with van der Waals surface area (Å²) in [7, 11) is 4.79. The van der Waals surface area contributed by atoms with Gasteiger partial charge in [-0.05, 0) is 39.6 Å². The van der Waals surface area contributed by atoms with Gasteiger partial charge < -0.3 is 19.2 Å². The second kappa shape index (κ2) is 12.2. The SMILES string of the molecule is COCCn1nnnc1[C@@H](c1cc2cc(OC)c(OC)cc2[nH]c1=O)N(Cc1ccccc1)Cc1cccs1. The molecule has 0 aliphatic rings. The molecule has 0 saturated heterocycles. The Morgan fingerprint density at radius 2 is 1.79 bits per heavy atom. The van der Waals surface area contributed by atoms with Gasteiger partial charge in [0.25, 0.3) is 5.56 Å². The summed E-state index contributed by atoms with van der Waals surface area (Å²) in [6, 6.07) is 19.3. The molecule has 3 heterocycles. The molecule has 1 N–H and O–H groups in total. The molecule has 11 heteroatoms. The van der Waals surface area contributed by atoms with E-state index in [0.29, 0.717) is 54.6 Å². The van der Waals surface area contributed by atoms with Crippen LogP contribution >= 0.6 is 11.3 Å². The second-order valence-electron chi connectivity index (χ2n) is 8.97. The number of benzene rings is 2. The maximum atomic E-state index is 13.8. The summed E-state index contributed by atoms with van der Waals surface area (Å²) in [5.74, 6) is 1.67. The van der Waals surface area contributed by atoms with Crippen molar-refractivity contribution in [3.63, 3.8) is 0 Å². The van der Waals surface area contributed by atoms with E-state index < -0.39 is 6.04 Å². The van der Waals surface area contributed by atoms with Gasteiger partial charge in [0.2, 0.25) is 0 Å². The third-order valence-electron chi connectivity index (χ3n) is 6.52. The Balaban J connectivity index is 1.70. The van der Waals surface area contributed by atoms with Crippen molar-refractivity contribution in [3.05, 3.63) is 98.2 Å². The van der Waals surface area contributed by atoms with Crippen molar-refractivity contribution in [3.8, 4) is 11.5 Å². The van der Waals surface area contributed by atoms with Crippen LogP contribution in [-0.4, -0.2) is 58.0 Å². The maximum absolute atomic E-state index is 13.8. The fourth-order valence-corrected chi connectivity index (χ4v) is 5.39. The van der Waals surface area contributed by atoms with Gasteiger partial charge in [0, 0.05) is 42.1 Å². The Morgan fingerprint density at radius 3 is 2.51 bits per heavy atom. The summed E-state index contributed by atoms with van der Waals surface area (Å²) >= 11 is 1.67. The minimum Gasteiger partial charge on any atom is -0.493 e. The van der Waals surface area contributed by atoms with Crippen molar-refractivity contribution in [1.82, 2.24) is 30.1 Å². The molecule has 0 radical (unpaired) electrons. The van der Waals surface area contributed by atoms with E-state index in [2.05, 4.69) is 49.0 Å². The summed E-state index contributed by atoms with van der Waals surface area (Å²) in [6.07, 6.45) is 0. The molecule has 5 aromatic rings. The zero-order chi connectivity index (χ0) is 27.2. The number of fused-ring (bicyclic) bond motifs is 1. The highest BCUT2D eigenvalue weighted by Crippen LogP contribution is 2.34. The van der Waals surface area contributed by atoms with Crippen LogP contribution in [-0.2, 0) is 24.4 Å². The van der Waals surface area contributed by atoms with Crippen LogP contribution in [0.15, 0.2) is 70.8 Å².